The summed E-state index contributed by atoms with van der Waals surface area (Å²) in [4.78, 5) is 45.3. The molecule has 1 aliphatic heterocycles. The number of nitrogens with zero attached hydrogens (tertiary/aromatic N) is 3. The number of fused-ring (bicyclic) bond motifs is 1. The molecule has 5 aromatic rings. The molecular weight excluding hydrogens is 627 g/mol. The molecule has 0 N–H and O–H groups in total. The summed E-state index contributed by atoms with van der Waals surface area (Å²) in [6, 6.07) is 24.0. The second-order valence-electron chi connectivity index (χ2n) is 10.0. The topological polar surface area (TPSA) is 126 Å². The lowest BCUT2D eigenvalue weighted by Gasteiger charge is -2.26. The molecular formula is C34H27N3O7S2. The van der Waals surface area contributed by atoms with E-state index in [1.807, 2.05) is 60.9 Å². The Bertz CT molecular complexity index is 2160. The van der Waals surface area contributed by atoms with Crippen LogP contribution in [0.4, 0.5) is 5.69 Å². The van der Waals surface area contributed by atoms with Crippen molar-refractivity contribution in [2.45, 2.75) is 17.9 Å². The van der Waals surface area contributed by atoms with Crippen LogP contribution in [0.3, 0.4) is 0 Å². The monoisotopic (exact) mass is 653 g/mol. The van der Waals surface area contributed by atoms with Gasteiger partial charge in [0.05, 0.1) is 52.1 Å². The highest BCUT2D eigenvalue weighted by atomic mass is 32.2. The highest BCUT2D eigenvalue weighted by Gasteiger charge is 2.35. The van der Waals surface area contributed by atoms with Gasteiger partial charge in [0.15, 0.2) is 4.80 Å². The van der Waals surface area contributed by atoms with E-state index in [1.54, 1.807) is 49.0 Å². The highest BCUT2D eigenvalue weighted by Crippen LogP contribution is 2.36. The van der Waals surface area contributed by atoms with Crippen LogP contribution in [0, 0.1) is 10.1 Å². The molecule has 0 spiro atoms. The van der Waals surface area contributed by atoms with Crippen LogP contribution < -0.4 is 19.6 Å². The summed E-state index contributed by atoms with van der Waals surface area (Å²) in [5, 5.41) is 11.8. The van der Waals surface area contributed by atoms with Gasteiger partial charge < -0.3 is 13.9 Å². The van der Waals surface area contributed by atoms with E-state index in [0.717, 1.165) is 21.8 Å². The van der Waals surface area contributed by atoms with E-state index in [0.29, 0.717) is 32.1 Å². The van der Waals surface area contributed by atoms with Crippen molar-refractivity contribution in [3.63, 3.8) is 0 Å². The Morgan fingerprint density at radius 3 is 2.54 bits per heavy atom. The van der Waals surface area contributed by atoms with Crippen molar-refractivity contribution in [1.82, 2.24) is 4.57 Å². The molecule has 10 nitrogen and oxygen atoms in total. The van der Waals surface area contributed by atoms with Gasteiger partial charge in [0, 0.05) is 16.5 Å². The third kappa shape index (κ3) is 5.80. The molecule has 12 heteroatoms. The Balaban J connectivity index is 1.53. The molecule has 0 saturated heterocycles. The van der Waals surface area contributed by atoms with Crippen LogP contribution in [-0.4, -0.2) is 35.4 Å². The fraction of sp³-hybridized carbons (Fsp3) is 0.147. The molecule has 3 heterocycles. The van der Waals surface area contributed by atoms with E-state index in [9.17, 15) is 19.7 Å². The van der Waals surface area contributed by atoms with E-state index in [-0.39, 0.29) is 34.8 Å². The maximum Gasteiger partial charge on any atom is 0.338 e. The van der Waals surface area contributed by atoms with Gasteiger partial charge >= 0.3 is 5.97 Å². The minimum atomic E-state index is -0.808. The van der Waals surface area contributed by atoms with Gasteiger partial charge in [0.25, 0.3) is 11.2 Å². The third-order valence-electron chi connectivity index (χ3n) is 7.37. The zero-order valence-electron chi connectivity index (χ0n) is 25.0. The molecule has 0 amide bonds. The Labute approximate surface area is 271 Å². The number of thioether (sulfide) groups is 1. The number of hydrogen-bond acceptors (Lipinski definition) is 10. The average molecular weight is 654 g/mol. The number of carbonyl (C=O) groups excluding carboxylic acids is 1. The number of thiazole rings is 1. The molecule has 0 fully saturated rings. The molecule has 46 heavy (non-hydrogen) atoms. The summed E-state index contributed by atoms with van der Waals surface area (Å²) < 4.78 is 18.5. The summed E-state index contributed by atoms with van der Waals surface area (Å²) in [6.07, 6.45) is 3.55. The molecule has 6 rings (SSSR count). The first-order valence-corrected chi connectivity index (χ1v) is 16.2. The van der Waals surface area contributed by atoms with Gasteiger partial charge in [-0.05, 0) is 55.1 Å². The molecule has 1 aliphatic rings. The Morgan fingerprint density at radius 2 is 1.87 bits per heavy atom. The van der Waals surface area contributed by atoms with E-state index < -0.39 is 16.9 Å². The van der Waals surface area contributed by atoms with Crippen molar-refractivity contribution >= 4 is 46.5 Å². The van der Waals surface area contributed by atoms with Crippen LogP contribution >= 0.6 is 23.1 Å². The minimum absolute atomic E-state index is 0.153. The van der Waals surface area contributed by atoms with Gasteiger partial charge in [-0.15, -0.1) is 11.8 Å². The lowest BCUT2D eigenvalue weighted by molar-refractivity contribution is -0.384. The summed E-state index contributed by atoms with van der Waals surface area (Å²) in [6.45, 7) is 1.89. The number of furan rings is 1. The van der Waals surface area contributed by atoms with Gasteiger partial charge in [-0.2, -0.15) is 0 Å². The van der Waals surface area contributed by atoms with Crippen LogP contribution in [-0.2, 0) is 9.53 Å². The second-order valence-corrected chi connectivity index (χ2v) is 11.9. The zero-order valence-corrected chi connectivity index (χ0v) is 26.6. The summed E-state index contributed by atoms with van der Waals surface area (Å²) in [5.41, 5.74) is 1.85. The number of benzene rings is 3. The molecule has 0 bridgehead atoms. The Morgan fingerprint density at radius 1 is 1.11 bits per heavy atom. The molecule has 0 saturated carbocycles. The number of hydrogen-bond donors (Lipinski definition) is 0. The van der Waals surface area contributed by atoms with Crippen LogP contribution in [0.1, 0.15) is 29.9 Å². The normalized spacial score (nSPS) is 14.5. The lowest BCUT2D eigenvalue weighted by atomic mass is 9.93. The number of nitro benzene ring substituents is 1. The first-order chi connectivity index (χ1) is 22.3. The average Bonchev–Trinajstić information content (AvgIpc) is 3.67. The van der Waals surface area contributed by atoms with Crippen molar-refractivity contribution in [3.05, 3.63) is 137 Å². The van der Waals surface area contributed by atoms with Crippen LogP contribution in [0.5, 0.6) is 5.75 Å². The largest absolute Gasteiger partial charge is 0.497 e. The smallest absolute Gasteiger partial charge is 0.338 e. The number of methoxy groups -OCH3 is 1. The third-order valence-corrected chi connectivity index (χ3v) is 9.10. The number of nitro groups is 1. The molecule has 0 radical (unpaired) electrons. The van der Waals surface area contributed by atoms with Gasteiger partial charge in [0.2, 0.25) is 0 Å². The van der Waals surface area contributed by atoms with E-state index >= 15 is 0 Å². The van der Waals surface area contributed by atoms with Crippen molar-refractivity contribution < 1.29 is 23.6 Å². The van der Waals surface area contributed by atoms with E-state index in [2.05, 4.69) is 0 Å². The quantitative estimate of drug-likeness (QED) is 0.0842. The van der Waals surface area contributed by atoms with Crippen molar-refractivity contribution in [1.29, 1.82) is 0 Å². The number of aromatic nitrogens is 1. The van der Waals surface area contributed by atoms with Crippen molar-refractivity contribution in [2.24, 2.45) is 4.99 Å². The van der Waals surface area contributed by atoms with E-state index in [4.69, 9.17) is 18.9 Å². The lowest BCUT2D eigenvalue weighted by Crippen LogP contribution is -2.40. The molecule has 3 aromatic carbocycles. The number of rotatable bonds is 9. The fourth-order valence-electron chi connectivity index (χ4n) is 5.24. The standard InChI is InChI=1S/C34H27N3O7S2/c1-4-43-33(39)29-30(20-8-6-5-7-9-20)35-34-36(31(29)21-10-14-24(45-3)15-11-21)32(38)28(46-34)19-23-13-17-27(44-23)25-16-12-22(42-2)18-26(25)37(40)41/h5-19,31H,4H2,1-3H3/b28-19-. The van der Waals surface area contributed by atoms with Crippen LogP contribution in [0.15, 0.2) is 110 Å². The SMILES string of the molecule is CCOC(=O)C1=C(c2ccccc2)N=c2s/c(=C\c3ccc(-c4ccc(OC)cc4[N+](=O)[O-])o3)c(=O)n2C1c1ccc(SC)cc1. The van der Waals surface area contributed by atoms with Gasteiger partial charge in [0.1, 0.15) is 17.3 Å². The van der Waals surface area contributed by atoms with E-state index in [1.165, 1.54) is 17.7 Å². The predicted molar refractivity (Wildman–Crippen MR) is 177 cm³/mol. The van der Waals surface area contributed by atoms with Crippen molar-refractivity contribution in [2.75, 3.05) is 20.0 Å². The van der Waals surface area contributed by atoms with Crippen LogP contribution in [0.2, 0.25) is 0 Å². The highest BCUT2D eigenvalue weighted by molar-refractivity contribution is 7.98. The summed E-state index contributed by atoms with van der Waals surface area (Å²) >= 11 is 2.75. The molecule has 1 atom stereocenters. The number of ether oxygens (including phenoxy) is 2. The maximum atomic E-state index is 14.1. The molecule has 2 aromatic heterocycles. The van der Waals surface area contributed by atoms with Gasteiger partial charge in [-0.1, -0.05) is 53.8 Å². The van der Waals surface area contributed by atoms with Crippen LogP contribution in [0.25, 0.3) is 23.1 Å². The predicted octanol–water partition coefficient (Wildman–Crippen LogP) is 5.83. The van der Waals surface area contributed by atoms with Gasteiger partial charge in [-0.25, -0.2) is 9.79 Å². The molecule has 1 unspecified atom stereocenters. The second kappa shape index (κ2) is 13.0. The maximum absolute atomic E-state index is 14.1. The first-order valence-electron chi connectivity index (χ1n) is 14.2. The van der Waals surface area contributed by atoms with Crippen molar-refractivity contribution in [3.8, 4) is 17.1 Å². The Kier molecular flexibility index (Phi) is 8.73. The summed E-state index contributed by atoms with van der Waals surface area (Å²) in [7, 11) is 1.43. The minimum Gasteiger partial charge on any atom is -0.497 e. The zero-order chi connectivity index (χ0) is 32.4. The fourth-order valence-corrected chi connectivity index (χ4v) is 6.63. The summed E-state index contributed by atoms with van der Waals surface area (Å²) in [5.74, 6) is 0.364. The Hall–Kier alpha value is -5.20. The first kappa shape index (κ1) is 30.8. The number of carbonyl (C=O) groups is 1. The number of esters is 1. The molecule has 232 valence electrons. The molecule has 0 aliphatic carbocycles. The van der Waals surface area contributed by atoms with Gasteiger partial charge in [-0.3, -0.25) is 19.5 Å².